The molecule has 1 aliphatic carbocycles. The molecule has 1 saturated heterocycles. The first-order valence-electron chi connectivity index (χ1n) is 6.59. The van der Waals surface area contributed by atoms with E-state index in [1.807, 2.05) is 6.92 Å². The van der Waals surface area contributed by atoms with E-state index < -0.39 is 0 Å². The van der Waals surface area contributed by atoms with Gasteiger partial charge in [0.2, 0.25) is 0 Å². The Hall–Kier alpha value is -2.07. The molecular formula is C16H17NO3. The summed E-state index contributed by atoms with van der Waals surface area (Å²) >= 11 is 0. The van der Waals surface area contributed by atoms with Gasteiger partial charge in [0.1, 0.15) is 11.9 Å². The molecule has 1 aliphatic heterocycles. The van der Waals surface area contributed by atoms with Crippen LogP contribution in [0.2, 0.25) is 0 Å². The van der Waals surface area contributed by atoms with Crippen molar-refractivity contribution in [3.63, 3.8) is 0 Å². The van der Waals surface area contributed by atoms with E-state index in [-0.39, 0.29) is 30.6 Å². The number of hydrogen-bond donors (Lipinski definition) is 2. The second-order valence-electron chi connectivity index (χ2n) is 5.36. The Bertz CT molecular complexity index is 620. The SMILES string of the molecule is C=C1OC2C(NC(=O)c3ccc(CO)c(C)c3)C2C1=C. The predicted octanol–water partition coefficient (Wildman–Crippen LogP) is 1.68. The van der Waals surface area contributed by atoms with Crippen LogP contribution in [0.3, 0.4) is 0 Å². The van der Waals surface area contributed by atoms with E-state index in [0.717, 1.165) is 16.7 Å². The Balaban J connectivity index is 1.68. The highest BCUT2D eigenvalue weighted by Gasteiger charge is 2.60. The molecule has 0 radical (unpaired) electrons. The number of carbonyl (C=O) groups excluding carboxylic acids is 1. The van der Waals surface area contributed by atoms with E-state index in [0.29, 0.717) is 11.3 Å². The van der Waals surface area contributed by atoms with Crippen molar-refractivity contribution in [2.75, 3.05) is 0 Å². The van der Waals surface area contributed by atoms with Crippen LogP contribution in [0.25, 0.3) is 0 Å². The highest BCUT2D eigenvalue weighted by molar-refractivity contribution is 5.95. The third-order valence-corrected chi connectivity index (χ3v) is 4.07. The molecule has 4 nitrogen and oxygen atoms in total. The molecule has 0 spiro atoms. The Morgan fingerprint density at radius 2 is 2.20 bits per heavy atom. The van der Waals surface area contributed by atoms with E-state index in [2.05, 4.69) is 18.5 Å². The van der Waals surface area contributed by atoms with Gasteiger partial charge in [0.05, 0.1) is 12.6 Å². The number of aliphatic hydroxyl groups excluding tert-OH is 1. The molecule has 0 bridgehead atoms. The fourth-order valence-corrected chi connectivity index (χ4v) is 2.69. The minimum absolute atomic E-state index is 0.00155. The topological polar surface area (TPSA) is 58.6 Å². The molecule has 1 saturated carbocycles. The van der Waals surface area contributed by atoms with Crippen molar-refractivity contribution in [1.29, 1.82) is 0 Å². The zero-order valence-corrected chi connectivity index (χ0v) is 11.3. The maximum Gasteiger partial charge on any atom is 0.251 e. The van der Waals surface area contributed by atoms with Crippen LogP contribution in [0.5, 0.6) is 0 Å². The summed E-state index contributed by atoms with van der Waals surface area (Å²) < 4.78 is 5.52. The molecule has 1 aromatic carbocycles. The van der Waals surface area contributed by atoms with Crippen molar-refractivity contribution >= 4 is 5.91 Å². The van der Waals surface area contributed by atoms with Gasteiger partial charge in [-0.25, -0.2) is 0 Å². The van der Waals surface area contributed by atoms with Crippen LogP contribution >= 0.6 is 0 Å². The zero-order chi connectivity index (χ0) is 14.4. The number of allylic oxidation sites excluding steroid dienone is 1. The van der Waals surface area contributed by atoms with Crippen LogP contribution in [0.4, 0.5) is 0 Å². The quantitative estimate of drug-likeness (QED) is 0.879. The lowest BCUT2D eigenvalue weighted by Gasteiger charge is -2.11. The molecular weight excluding hydrogens is 254 g/mol. The van der Waals surface area contributed by atoms with Gasteiger partial charge in [-0.05, 0) is 35.8 Å². The van der Waals surface area contributed by atoms with Gasteiger partial charge in [-0.3, -0.25) is 4.79 Å². The standard InChI is InChI=1S/C16H17NO3/c1-8-6-11(4-5-12(8)7-18)16(19)17-14-13-9(2)10(3)20-15(13)14/h4-6,13-15,18H,2-3,7H2,1H3,(H,17,19). The van der Waals surface area contributed by atoms with Crippen molar-refractivity contribution in [3.8, 4) is 0 Å². The lowest BCUT2D eigenvalue weighted by Crippen LogP contribution is -2.30. The lowest BCUT2D eigenvalue weighted by molar-refractivity contribution is 0.0937. The van der Waals surface area contributed by atoms with Gasteiger partial charge in [-0.15, -0.1) is 0 Å². The summed E-state index contributed by atoms with van der Waals surface area (Å²) in [6.07, 6.45) is -0.00300. The van der Waals surface area contributed by atoms with E-state index in [1.165, 1.54) is 0 Å². The van der Waals surface area contributed by atoms with E-state index in [1.54, 1.807) is 18.2 Å². The van der Waals surface area contributed by atoms with E-state index >= 15 is 0 Å². The number of aliphatic hydroxyl groups is 1. The Kier molecular flexibility index (Phi) is 2.91. The number of carbonyl (C=O) groups is 1. The molecule has 3 atom stereocenters. The average Bonchev–Trinajstić information content (AvgIpc) is 2.99. The van der Waals surface area contributed by atoms with E-state index in [9.17, 15) is 4.79 Å². The summed E-state index contributed by atoms with van der Waals surface area (Å²) in [6, 6.07) is 5.28. The lowest BCUT2D eigenvalue weighted by atomic mass is 10.1. The summed E-state index contributed by atoms with van der Waals surface area (Å²) in [7, 11) is 0. The monoisotopic (exact) mass is 271 g/mol. The van der Waals surface area contributed by atoms with Gasteiger partial charge >= 0.3 is 0 Å². The third kappa shape index (κ3) is 1.93. The van der Waals surface area contributed by atoms with Gasteiger partial charge in [0.25, 0.3) is 5.91 Å². The molecule has 4 heteroatoms. The number of benzene rings is 1. The largest absolute Gasteiger partial charge is 0.488 e. The average molecular weight is 271 g/mol. The number of amides is 1. The van der Waals surface area contributed by atoms with Gasteiger partial charge in [-0.1, -0.05) is 19.2 Å². The van der Waals surface area contributed by atoms with Crippen molar-refractivity contribution < 1.29 is 14.6 Å². The second-order valence-corrected chi connectivity index (χ2v) is 5.36. The first-order chi connectivity index (χ1) is 9.52. The minimum Gasteiger partial charge on any atom is -0.488 e. The summed E-state index contributed by atoms with van der Waals surface area (Å²) in [6.45, 7) is 9.54. The van der Waals surface area contributed by atoms with Crippen LogP contribution in [0.15, 0.2) is 42.7 Å². The normalized spacial score (nSPS) is 27.0. The molecule has 3 unspecified atom stereocenters. The Morgan fingerprint density at radius 3 is 2.75 bits per heavy atom. The fourth-order valence-electron chi connectivity index (χ4n) is 2.69. The maximum atomic E-state index is 12.2. The molecule has 104 valence electrons. The van der Waals surface area contributed by atoms with Crippen LogP contribution in [-0.4, -0.2) is 23.2 Å². The summed E-state index contributed by atoms with van der Waals surface area (Å²) in [5.74, 6) is 0.678. The molecule has 2 fully saturated rings. The smallest absolute Gasteiger partial charge is 0.251 e. The molecule has 1 heterocycles. The van der Waals surface area contributed by atoms with Crippen molar-refractivity contribution in [1.82, 2.24) is 5.32 Å². The first-order valence-corrected chi connectivity index (χ1v) is 6.59. The van der Waals surface area contributed by atoms with Gasteiger partial charge < -0.3 is 15.2 Å². The first kappa shape index (κ1) is 12.9. The number of fused-ring (bicyclic) bond motifs is 1. The van der Waals surface area contributed by atoms with Crippen LogP contribution in [-0.2, 0) is 11.3 Å². The zero-order valence-electron chi connectivity index (χ0n) is 11.3. The number of nitrogens with one attached hydrogen (secondary N) is 1. The number of ether oxygens (including phenoxy) is 1. The van der Waals surface area contributed by atoms with Crippen LogP contribution < -0.4 is 5.32 Å². The van der Waals surface area contributed by atoms with Gasteiger partial charge in [0.15, 0.2) is 0 Å². The van der Waals surface area contributed by atoms with Crippen LogP contribution in [0, 0.1) is 12.8 Å². The van der Waals surface area contributed by atoms with Crippen molar-refractivity contribution in [2.45, 2.75) is 25.7 Å². The summed E-state index contributed by atoms with van der Waals surface area (Å²) in [5, 5.41) is 12.1. The molecule has 20 heavy (non-hydrogen) atoms. The summed E-state index contributed by atoms with van der Waals surface area (Å²) in [4.78, 5) is 12.2. The minimum atomic E-state index is -0.126. The van der Waals surface area contributed by atoms with Crippen molar-refractivity contribution in [2.24, 2.45) is 5.92 Å². The van der Waals surface area contributed by atoms with Crippen molar-refractivity contribution in [3.05, 3.63) is 59.4 Å². The highest BCUT2D eigenvalue weighted by atomic mass is 16.5. The number of aryl methyl sites for hydroxylation is 1. The molecule has 1 aromatic rings. The molecule has 2 aliphatic rings. The fraction of sp³-hybridized carbons (Fsp3) is 0.312. The maximum absolute atomic E-state index is 12.2. The third-order valence-electron chi connectivity index (χ3n) is 4.07. The Morgan fingerprint density at radius 1 is 1.45 bits per heavy atom. The summed E-state index contributed by atoms with van der Waals surface area (Å²) in [5.41, 5.74) is 3.21. The van der Waals surface area contributed by atoms with E-state index in [4.69, 9.17) is 9.84 Å². The molecule has 3 rings (SSSR count). The second kappa shape index (κ2) is 4.49. The number of hydrogen-bond acceptors (Lipinski definition) is 3. The molecule has 2 N–H and O–H groups in total. The predicted molar refractivity (Wildman–Crippen MR) is 75.0 cm³/mol. The molecule has 0 aromatic heterocycles. The number of rotatable bonds is 3. The Labute approximate surface area is 117 Å². The van der Waals surface area contributed by atoms with Gasteiger partial charge in [0, 0.05) is 11.5 Å². The highest BCUT2D eigenvalue weighted by Crippen LogP contribution is 2.50. The van der Waals surface area contributed by atoms with Gasteiger partial charge in [-0.2, -0.15) is 0 Å². The van der Waals surface area contributed by atoms with Crippen LogP contribution in [0.1, 0.15) is 21.5 Å². The molecule has 1 amide bonds.